The van der Waals surface area contributed by atoms with Crippen LogP contribution in [-0.4, -0.2) is 29.8 Å². The van der Waals surface area contributed by atoms with Gasteiger partial charge in [-0.3, -0.25) is 14.4 Å². The molecule has 10 heteroatoms. The van der Waals surface area contributed by atoms with Gasteiger partial charge in [0.05, 0.1) is 23.0 Å². The highest BCUT2D eigenvalue weighted by Crippen LogP contribution is 2.31. The van der Waals surface area contributed by atoms with Gasteiger partial charge in [-0.1, -0.05) is 29.8 Å². The lowest BCUT2D eigenvalue weighted by Crippen LogP contribution is -2.32. The van der Waals surface area contributed by atoms with Gasteiger partial charge in [-0.2, -0.15) is 0 Å². The summed E-state index contributed by atoms with van der Waals surface area (Å²) in [7, 11) is 0. The van der Waals surface area contributed by atoms with Crippen molar-refractivity contribution >= 4 is 52.4 Å². The minimum absolute atomic E-state index is 0.0448. The van der Waals surface area contributed by atoms with E-state index < -0.39 is 29.5 Å². The normalized spacial score (nSPS) is 13.3. The molecule has 2 N–H and O–H groups in total. The zero-order valence-electron chi connectivity index (χ0n) is 19.7. The number of imide groups is 1. The fourth-order valence-electron chi connectivity index (χ4n) is 3.51. The standard InChI is InChI=1S/C27H21ClFN3O5/c1-15(2)37-27(36)17-6-5-7-19(14-17)32-25(34)22(28)23(26(32)35)30-18-12-10-16(11-13-18)24(33)31-21-9-4-3-8-20(21)29/h3-15,30H,1-2H3,(H,31,33). The predicted molar refractivity (Wildman–Crippen MR) is 137 cm³/mol. The summed E-state index contributed by atoms with van der Waals surface area (Å²) in [4.78, 5) is 51.4. The number of esters is 1. The molecule has 1 heterocycles. The molecule has 0 saturated carbocycles. The summed E-state index contributed by atoms with van der Waals surface area (Å²) in [5.41, 5.74) is 0.841. The summed E-state index contributed by atoms with van der Waals surface area (Å²) in [6.45, 7) is 3.41. The van der Waals surface area contributed by atoms with Crippen molar-refractivity contribution in [2.75, 3.05) is 15.5 Å². The minimum Gasteiger partial charge on any atom is -0.459 e. The number of nitrogens with one attached hydrogen (secondary N) is 2. The summed E-state index contributed by atoms with van der Waals surface area (Å²) in [5, 5.41) is 4.96. The summed E-state index contributed by atoms with van der Waals surface area (Å²) < 4.78 is 19.0. The van der Waals surface area contributed by atoms with Crippen LogP contribution >= 0.6 is 11.6 Å². The van der Waals surface area contributed by atoms with Crippen LogP contribution in [0.1, 0.15) is 34.6 Å². The topological polar surface area (TPSA) is 105 Å². The van der Waals surface area contributed by atoms with Gasteiger partial charge in [0, 0.05) is 11.3 Å². The first-order valence-corrected chi connectivity index (χ1v) is 11.6. The Hall–Kier alpha value is -4.50. The first-order valence-electron chi connectivity index (χ1n) is 11.2. The van der Waals surface area contributed by atoms with E-state index in [1.807, 2.05) is 0 Å². The first kappa shape index (κ1) is 25.6. The molecular weight excluding hydrogens is 501 g/mol. The average Bonchev–Trinajstić information content (AvgIpc) is 3.08. The first-order chi connectivity index (χ1) is 17.7. The van der Waals surface area contributed by atoms with Gasteiger partial charge in [-0.05, 0) is 68.4 Å². The largest absolute Gasteiger partial charge is 0.459 e. The smallest absolute Gasteiger partial charge is 0.338 e. The molecule has 0 aromatic heterocycles. The Balaban J connectivity index is 1.48. The molecule has 188 valence electrons. The molecule has 0 unspecified atom stereocenters. The molecule has 0 aliphatic carbocycles. The Labute approximate surface area is 216 Å². The van der Waals surface area contributed by atoms with E-state index in [0.717, 1.165) is 4.90 Å². The van der Waals surface area contributed by atoms with Crippen molar-refractivity contribution in [3.8, 4) is 0 Å². The van der Waals surface area contributed by atoms with Crippen molar-refractivity contribution in [2.24, 2.45) is 0 Å². The van der Waals surface area contributed by atoms with Crippen LogP contribution in [0, 0.1) is 5.82 Å². The van der Waals surface area contributed by atoms with E-state index in [9.17, 15) is 23.6 Å². The molecule has 0 saturated heterocycles. The Morgan fingerprint density at radius 2 is 1.62 bits per heavy atom. The number of amides is 3. The Morgan fingerprint density at radius 1 is 0.919 bits per heavy atom. The van der Waals surface area contributed by atoms with Crippen LogP contribution in [0.25, 0.3) is 0 Å². The third-order valence-corrected chi connectivity index (χ3v) is 5.60. The minimum atomic E-state index is -0.760. The third kappa shape index (κ3) is 5.52. The molecule has 0 bridgehead atoms. The maximum Gasteiger partial charge on any atom is 0.338 e. The van der Waals surface area contributed by atoms with Crippen LogP contribution in [0.5, 0.6) is 0 Å². The SMILES string of the molecule is CC(C)OC(=O)c1cccc(N2C(=O)C(Cl)=C(Nc3ccc(C(=O)Nc4ccccc4F)cc3)C2=O)c1. The van der Waals surface area contributed by atoms with Crippen molar-refractivity contribution < 1.29 is 28.3 Å². The zero-order valence-corrected chi connectivity index (χ0v) is 20.5. The Kier molecular flexibility index (Phi) is 7.35. The van der Waals surface area contributed by atoms with Crippen molar-refractivity contribution in [3.05, 3.63) is 100 Å². The number of anilines is 3. The summed E-state index contributed by atoms with van der Waals surface area (Å²) in [6, 6.07) is 17.6. The zero-order chi connectivity index (χ0) is 26.7. The second-order valence-corrected chi connectivity index (χ2v) is 8.65. The van der Waals surface area contributed by atoms with Gasteiger partial charge in [-0.25, -0.2) is 14.1 Å². The van der Waals surface area contributed by atoms with Gasteiger partial charge < -0.3 is 15.4 Å². The van der Waals surface area contributed by atoms with Crippen molar-refractivity contribution in [1.29, 1.82) is 0 Å². The van der Waals surface area contributed by atoms with Gasteiger partial charge in [0.2, 0.25) is 0 Å². The van der Waals surface area contributed by atoms with E-state index in [4.69, 9.17) is 16.3 Å². The Morgan fingerprint density at radius 3 is 2.30 bits per heavy atom. The van der Waals surface area contributed by atoms with Crippen LogP contribution < -0.4 is 15.5 Å². The van der Waals surface area contributed by atoms with Gasteiger partial charge in [0.25, 0.3) is 17.7 Å². The highest BCUT2D eigenvalue weighted by Gasteiger charge is 2.39. The lowest BCUT2D eigenvalue weighted by atomic mass is 10.1. The summed E-state index contributed by atoms with van der Waals surface area (Å²) >= 11 is 6.19. The lowest BCUT2D eigenvalue weighted by Gasteiger charge is -2.16. The highest BCUT2D eigenvalue weighted by atomic mass is 35.5. The molecule has 3 aromatic rings. The van der Waals surface area contributed by atoms with Gasteiger partial charge in [-0.15, -0.1) is 0 Å². The number of halogens is 2. The second kappa shape index (κ2) is 10.6. The molecule has 3 aromatic carbocycles. The van der Waals surface area contributed by atoms with Gasteiger partial charge >= 0.3 is 5.97 Å². The Bertz CT molecular complexity index is 1440. The fraction of sp³-hybridized carbons (Fsp3) is 0.111. The number of rotatable bonds is 7. The predicted octanol–water partition coefficient (Wildman–Crippen LogP) is 5.08. The molecule has 0 radical (unpaired) electrons. The van der Waals surface area contributed by atoms with Crippen LogP contribution in [0.2, 0.25) is 0 Å². The van der Waals surface area contributed by atoms with E-state index in [0.29, 0.717) is 5.69 Å². The lowest BCUT2D eigenvalue weighted by molar-refractivity contribution is -0.120. The summed E-state index contributed by atoms with van der Waals surface area (Å²) in [6.07, 6.45) is -0.338. The number of benzene rings is 3. The van der Waals surface area contributed by atoms with Crippen molar-refractivity contribution in [3.63, 3.8) is 0 Å². The quantitative estimate of drug-likeness (QED) is 0.332. The number of hydrogen-bond acceptors (Lipinski definition) is 6. The van der Waals surface area contributed by atoms with E-state index in [1.165, 1.54) is 66.7 Å². The van der Waals surface area contributed by atoms with E-state index in [1.54, 1.807) is 19.9 Å². The number of carbonyl (C=O) groups excluding carboxylic acids is 4. The molecule has 4 rings (SSSR count). The van der Waals surface area contributed by atoms with Crippen LogP contribution in [-0.2, 0) is 14.3 Å². The van der Waals surface area contributed by atoms with Crippen molar-refractivity contribution in [2.45, 2.75) is 20.0 Å². The average molecular weight is 522 g/mol. The van der Waals surface area contributed by atoms with Crippen LogP contribution in [0.3, 0.4) is 0 Å². The molecule has 37 heavy (non-hydrogen) atoms. The second-order valence-electron chi connectivity index (χ2n) is 8.28. The van der Waals surface area contributed by atoms with Crippen LogP contribution in [0.4, 0.5) is 21.5 Å². The molecule has 0 fully saturated rings. The third-order valence-electron chi connectivity index (χ3n) is 5.25. The highest BCUT2D eigenvalue weighted by molar-refractivity contribution is 6.53. The molecule has 8 nitrogen and oxygen atoms in total. The van der Waals surface area contributed by atoms with E-state index >= 15 is 0 Å². The maximum atomic E-state index is 13.8. The van der Waals surface area contributed by atoms with Crippen molar-refractivity contribution in [1.82, 2.24) is 0 Å². The molecule has 1 aliphatic rings. The van der Waals surface area contributed by atoms with E-state index in [-0.39, 0.29) is 39.3 Å². The molecule has 3 amide bonds. The number of para-hydroxylation sites is 1. The molecule has 0 spiro atoms. The number of nitrogens with zero attached hydrogens (tertiary/aromatic N) is 1. The summed E-state index contributed by atoms with van der Waals surface area (Å²) in [5.74, 6) is -3.15. The van der Waals surface area contributed by atoms with Gasteiger partial charge in [0.1, 0.15) is 16.5 Å². The molecule has 0 atom stereocenters. The fourth-order valence-corrected chi connectivity index (χ4v) is 3.72. The molecular formula is C27H21ClFN3O5. The molecule has 1 aliphatic heterocycles. The van der Waals surface area contributed by atoms with Gasteiger partial charge in [0.15, 0.2) is 0 Å². The van der Waals surface area contributed by atoms with Crippen LogP contribution in [0.15, 0.2) is 83.5 Å². The van der Waals surface area contributed by atoms with E-state index in [2.05, 4.69) is 10.6 Å². The number of ether oxygens (including phenoxy) is 1. The maximum absolute atomic E-state index is 13.8. The number of carbonyl (C=O) groups is 4. The number of hydrogen-bond donors (Lipinski definition) is 2. The monoisotopic (exact) mass is 521 g/mol.